The lowest BCUT2D eigenvalue weighted by Gasteiger charge is -2.14. The van der Waals surface area contributed by atoms with Crippen molar-refractivity contribution in [3.63, 3.8) is 0 Å². The Morgan fingerprint density at radius 1 is 1.40 bits per heavy atom. The SMILES string of the molecule is CCC(C)n1cc(-c2nc(Cl)ncc2F)cc(F)c1=O. The molecule has 2 heterocycles. The van der Waals surface area contributed by atoms with Crippen molar-refractivity contribution in [2.75, 3.05) is 0 Å². The largest absolute Gasteiger partial charge is 0.310 e. The Labute approximate surface area is 119 Å². The average Bonchev–Trinajstić information content (AvgIpc) is 2.43. The van der Waals surface area contributed by atoms with Gasteiger partial charge in [0, 0.05) is 17.8 Å². The van der Waals surface area contributed by atoms with Crippen molar-refractivity contribution >= 4 is 11.6 Å². The second kappa shape index (κ2) is 5.66. The Balaban J connectivity index is 2.66. The molecule has 0 saturated carbocycles. The number of nitrogens with zero attached hydrogens (tertiary/aromatic N) is 3. The van der Waals surface area contributed by atoms with Crippen molar-refractivity contribution in [2.24, 2.45) is 0 Å². The molecule has 2 aromatic rings. The maximum absolute atomic E-state index is 13.7. The van der Waals surface area contributed by atoms with Crippen molar-refractivity contribution in [3.05, 3.63) is 45.7 Å². The Bertz CT molecular complexity index is 703. The van der Waals surface area contributed by atoms with Crippen LogP contribution in [0.5, 0.6) is 0 Å². The average molecular weight is 300 g/mol. The van der Waals surface area contributed by atoms with E-state index in [4.69, 9.17) is 11.6 Å². The molecule has 4 nitrogen and oxygen atoms in total. The van der Waals surface area contributed by atoms with Crippen molar-refractivity contribution in [1.29, 1.82) is 0 Å². The topological polar surface area (TPSA) is 47.8 Å². The van der Waals surface area contributed by atoms with Gasteiger partial charge in [0.2, 0.25) is 5.28 Å². The zero-order chi connectivity index (χ0) is 14.9. The quantitative estimate of drug-likeness (QED) is 0.818. The third kappa shape index (κ3) is 2.70. The fourth-order valence-corrected chi connectivity index (χ4v) is 1.90. The minimum Gasteiger partial charge on any atom is -0.310 e. The molecule has 0 spiro atoms. The van der Waals surface area contributed by atoms with E-state index in [1.807, 2.05) is 6.92 Å². The standard InChI is InChI=1S/C13H12ClF2N3O/c1-3-7(2)19-6-8(4-9(15)12(19)20)11-10(16)5-17-13(14)18-11/h4-7H,3H2,1-2H3. The molecule has 1 atom stereocenters. The van der Waals surface area contributed by atoms with Gasteiger partial charge in [0.05, 0.1) is 6.20 Å². The molecule has 106 valence electrons. The molecule has 0 aliphatic rings. The smallest absolute Gasteiger partial charge is 0.286 e. The van der Waals surface area contributed by atoms with E-state index in [1.165, 1.54) is 10.8 Å². The van der Waals surface area contributed by atoms with Crippen molar-refractivity contribution in [2.45, 2.75) is 26.3 Å². The summed E-state index contributed by atoms with van der Waals surface area (Å²) in [7, 11) is 0. The summed E-state index contributed by atoms with van der Waals surface area (Å²) in [5, 5.41) is -0.150. The summed E-state index contributed by atoms with van der Waals surface area (Å²) in [6.45, 7) is 3.64. The van der Waals surface area contributed by atoms with Gasteiger partial charge < -0.3 is 4.57 Å². The highest BCUT2D eigenvalue weighted by Gasteiger charge is 2.15. The second-order valence-electron chi connectivity index (χ2n) is 4.38. The number of hydrogen-bond donors (Lipinski definition) is 0. The highest BCUT2D eigenvalue weighted by molar-refractivity contribution is 6.28. The highest BCUT2D eigenvalue weighted by Crippen LogP contribution is 2.22. The highest BCUT2D eigenvalue weighted by atomic mass is 35.5. The number of pyridine rings is 1. The fourth-order valence-electron chi connectivity index (χ4n) is 1.77. The van der Waals surface area contributed by atoms with E-state index in [1.54, 1.807) is 6.92 Å². The van der Waals surface area contributed by atoms with E-state index in [0.29, 0.717) is 6.42 Å². The van der Waals surface area contributed by atoms with Gasteiger partial charge in [-0.2, -0.15) is 0 Å². The lowest BCUT2D eigenvalue weighted by Crippen LogP contribution is -2.25. The molecular formula is C13H12ClF2N3O. The second-order valence-corrected chi connectivity index (χ2v) is 4.72. The summed E-state index contributed by atoms with van der Waals surface area (Å²) in [5.41, 5.74) is -0.742. The lowest BCUT2D eigenvalue weighted by atomic mass is 10.1. The van der Waals surface area contributed by atoms with Gasteiger partial charge in [-0.15, -0.1) is 0 Å². The van der Waals surface area contributed by atoms with Crippen LogP contribution in [0.2, 0.25) is 5.28 Å². The summed E-state index contributed by atoms with van der Waals surface area (Å²) >= 11 is 5.62. The first-order valence-electron chi connectivity index (χ1n) is 6.04. The molecule has 7 heteroatoms. The van der Waals surface area contributed by atoms with E-state index in [0.717, 1.165) is 12.3 Å². The normalized spacial score (nSPS) is 12.4. The van der Waals surface area contributed by atoms with E-state index in [2.05, 4.69) is 9.97 Å². The Morgan fingerprint density at radius 2 is 2.10 bits per heavy atom. The molecule has 0 fully saturated rings. The monoisotopic (exact) mass is 299 g/mol. The Hall–Kier alpha value is -1.82. The number of halogens is 3. The molecule has 0 aliphatic carbocycles. The number of aromatic nitrogens is 3. The van der Waals surface area contributed by atoms with Crippen LogP contribution < -0.4 is 5.56 Å². The Kier molecular flexibility index (Phi) is 4.13. The van der Waals surface area contributed by atoms with Gasteiger partial charge in [0.15, 0.2) is 11.6 Å². The zero-order valence-electron chi connectivity index (χ0n) is 10.9. The van der Waals surface area contributed by atoms with Crippen LogP contribution in [0, 0.1) is 11.6 Å². The van der Waals surface area contributed by atoms with Crippen LogP contribution in [0.1, 0.15) is 26.3 Å². The van der Waals surface area contributed by atoms with Gasteiger partial charge >= 0.3 is 0 Å². The molecule has 0 radical (unpaired) electrons. The van der Waals surface area contributed by atoms with Gasteiger partial charge in [-0.05, 0) is 31.0 Å². The molecule has 0 N–H and O–H groups in total. The first-order chi connectivity index (χ1) is 9.43. The Morgan fingerprint density at radius 3 is 2.75 bits per heavy atom. The zero-order valence-corrected chi connectivity index (χ0v) is 11.7. The van der Waals surface area contributed by atoms with Crippen LogP contribution in [0.3, 0.4) is 0 Å². The van der Waals surface area contributed by atoms with Crippen molar-refractivity contribution < 1.29 is 8.78 Å². The molecule has 0 aromatic carbocycles. The first-order valence-corrected chi connectivity index (χ1v) is 6.42. The van der Waals surface area contributed by atoms with Crippen molar-refractivity contribution in [1.82, 2.24) is 14.5 Å². The molecule has 20 heavy (non-hydrogen) atoms. The van der Waals surface area contributed by atoms with Gasteiger partial charge in [0.25, 0.3) is 5.56 Å². The fraction of sp³-hybridized carbons (Fsp3) is 0.308. The van der Waals surface area contributed by atoms with Crippen molar-refractivity contribution in [3.8, 4) is 11.3 Å². The van der Waals surface area contributed by atoms with Crippen LogP contribution >= 0.6 is 11.6 Å². The maximum atomic E-state index is 13.7. The van der Waals surface area contributed by atoms with Crippen LogP contribution in [0.15, 0.2) is 23.3 Å². The predicted molar refractivity (Wildman–Crippen MR) is 71.7 cm³/mol. The first kappa shape index (κ1) is 14.6. The van der Waals surface area contributed by atoms with Crippen LogP contribution in [-0.2, 0) is 0 Å². The molecule has 0 saturated heterocycles. The van der Waals surface area contributed by atoms with Gasteiger partial charge in [-0.25, -0.2) is 18.7 Å². The molecule has 0 amide bonds. The minimum absolute atomic E-state index is 0.138. The molecule has 1 unspecified atom stereocenters. The number of rotatable bonds is 3. The third-order valence-corrected chi connectivity index (χ3v) is 3.24. The van der Waals surface area contributed by atoms with Gasteiger partial charge in [-0.1, -0.05) is 6.92 Å². The van der Waals surface area contributed by atoms with Gasteiger partial charge in [-0.3, -0.25) is 4.79 Å². The third-order valence-electron chi connectivity index (χ3n) is 3.05. The van der Waals surface area contributed by atoms with E-state index < -0.39 is 17.2 Å². The van der Waals surface area contributed by atoms with Crippen LogP contribution in [0.25, 0.3) is 11.3 Å². The molecule has 0 aliphatic heterocycles. The van der Waals surface area contributed by atoms with Gasteiger partial charge in [0.1, 0.15) is 5.69 Å². The summed E-state index contributed by atoms with van der Waals surface area (Å²) < 4.78 is 28.7. The maximum Gasteiger partial charge on any atom is 0.286 e. The van der Waals surface area contributed by atoms with E-state index in [9.17, 15) is 13.6 Å². The molecular weight excluding hydrogens is 288 g/mol. The summed E-state index contributed by atoms with van der Waals surface area (Å²) in [5.74, 6) is -1.69. The molecule has 0 bridgehead atoms. The lowest BCUT2D eigenvalue weighted by molar-refractivity contribution is 0.486. The number of hydrogen-bond acceptors (Lipinski definition) is 3. The minimum atomic E-state index is -0.961. The van der Waals surface area contributed by atoms with E-state index in [-0.39, 0.29) is 22.6 Å². The summed E-state index contributed by atoms with van der Waals surface area (Å²) in [6, 6.07) is 0.737. The summed E-state index contributed by atoms with van der Waals surface area (Å²) in [6.07, 6.45) is 2.92. The molecule has 2 rings (SSSR count). The summed E-state index contributed by atoms with van der Waals surface area (Å²) in [4.78, 5) is 19.0. The molecule has 2 aromatic heterocycles. The predicted octanol–water partition coefficient (Wildman–Crippen LogP) is 3.21. The van der Waals surface area contributed by atoms with E-state index >= 15 is 0 Å². The van der Waals surface area contributed by atoms with Crippen LogP contribution in [0.4, 0.5) is 8.78 Å². The van der Waals surface area contributed by atoms with Crippen LogP contribution in [-0.4, -0.2) is 14.5 Å².